The van der Waals surface area contributed by atoms with Crippen LogP contribution in [0.25, 0.3) is 0 Å². The highest BCUT2D eigenvalue weighted by molar-refractivity contribution is 5.69. The van der Waals surface area contributed by atoms with Crippen LogP contribution >= 0.6 is 0 Å². The Morgan fingerprint density at radius 1 is 1.31 bits per heavy atom. The third kappa shape index (κ3) is 8.64. The Morgan fingerprint density at radius 2 is 2.00 bits per heavy atom. The van der Waals surface area contributed by atoms with Gasteiger partial charge in [0.1, 0.15) is 0 Å². The molecule has 0 saturated heterocycles. The van der Waals surface area contributed by atoms with Crippen LogP contribution in [-0.4, -0.2) is 49.6 Å². The second kappa shape index (κ2) is 9.57. The zero-order valence-corrected chi connectivity index (χ0v) is 10.4. The Kier molecular flexibility index (Phi) is 9.18. The SMILES string of the molecule is CCOC(=O)CC(O)CNCC(C)OCC. The summed E-state index contributed by atoms with van der Waals surface area (Å²) in [6.07, 6.45) is -0.559. The number of carbonyl (C=O) groups excluding carboxylic acids is 1. The molecule has 0 saturated carbocycles. The van der Waals surface area contributed by atoms with E-state index in [0.717, 1.165) is 0 Å². The topological polar surface area (TPSA) is 67.8 Å². The standard InChI is InChI=1S/C11H23NO4/c1-4-15-9(3)7-12-8-10(13)6-11(14)16-5-2/h9-10,12-13H,4-8H2,1-3H3. The first-order valence-electron chi connectivity index (χ1n) is 5.76. The van der Waals surface area contributed by atoms with E-state index in [4.69, 9.17) is 9.47 Å². The summed E-state index contributed by atoms with van der Waals surface area (Å²) >= 11 is 0. The fraction of sp³-hybridized carbons (Fsp3) is 0.909. The first kappa shape index (κ1) is 15.3. The molecule has 96 valence electrons. The van der Waals surface area contributed by atoms with Crippen molar-refractivity contribution in [2.24, 2.45) is 0 Å². The average molecular weight is 233 g/mol. The van der Waals surface area contributed by atoms with Gasteiger partial charge in [-0.05, 0) is 20.8 Å². The van der Waals surface area contributed by atoms with Crippen LogP contribution in [0.5, 0.6) is 0 Å². The molecule has 0 aromatic heterocycles. The van der Waals surface area contributed by atoms with Crippen LogP contribution in [0.3, 0.4) is 0 Å². The molecule has 0 aromatic carbocycles. The lowest BCUT2D eigenvalue weighted by molar-refractivity contribution is -0.145. The Bertz CT molecular complexity index is 187. The molecule has 0 aromatic rings. The summed E-state index contributed by atoms with van der Waals surface area (Å²) in [4.78, 5) is 11.0. The van der Waals surface area contributed by atoms with Crippen molar-refractivity contribution in [1.29, 1.82) is 0 Å². The van der Waals surface area contributed by atoms with E-state index in [2.05, 4.69) is 5.32 Å². The highest BCUT2D eigenvalue weighted by atomic mass is 16.5. The van der Waals surface area contributed by atoms with Crippen LogP contribution in [0.4, 0.5) is 0 Å². The lowest BCUT2D eigenvalue weighted by Crippen LogP contribution is -2.34. The highest BCUT2D eigenvalue weighted by Gasteiger charge is 2.11. The molecule has 5 heteroatoms. The van der Waals surface area contributed by atoms with Crippen molar-refractivity contribution >= 4 is 5.97 Å². The van der Waals surface area contributed by atoms with Crippen LogP contribution in [0.15, 0.2) is 0 Å². The number of nitrogens with one attached hydrogen (secondary N) is 1. The number of aliphatic hydroxyl groups is 1. The van der Waals surface area contributed by atoms with Crippen molar-refractivity contribution in [3.63, 3.8) is 0 Å². The predicted octanol–water partition coefficient (Wildman–Crippen LogP) is 0.315. The summed E-state index contributed by atoms with van der Waals surface area (Å²) in [7, 11) is 0. The summed E-state index contributed by atoms with van der Waals surface area (Å²) in [5, 5.41) is 12.5. The van der Waals surface area contributed by atoms with Gasteiger partial charge in [0, 0.05) is 19.7 Å². The van der Waals surface area contributed by atoms with Gasteiger partial charge in [0.05, 0.1) is 25.2 Å². The van der Waals surface area contributed by atoms with E-state index in [-0.39, 0.29) is 18.5 Å². The van der Waals surface area contributed by atoms with E-state index in [1.807, 2.05) is 13.8 Å². The summed E-state index contributed by atoms with van der Waals surface area (Å²) in [5.41, 5.74) is 0. The quantitative estimate of drug-likeness (QED) is 0.561. The second-order valence-corrected chi connectivity index (χ2v) is 3.59. The smallest absolute Gasteiger partial charge is 0.308 e. The van der Waals surface area contributed by atoms with Gasteiger partial charge in [0.25, 0.3) is 0 Å². The van der Waals surface area contributed by atoms with Gasteiger partial charge in [-0.15, -0.1) is 0 Å². The third-order valence-corrected chi connectivity index (χ3v) is 1.97. The van der Waals surface area contributed by atoms with Crippen LogP contribution in [0.2, 0.25) is 0 Å². The lowest BCUT2D eigenvalue weighted by atomic mass is 10.2. The molecule has 16 heavy (non-hydrogen) atoms. The first-order valence-corrected chi connectivity index (χ1v) is 5.76. The lowest BCUT2D eigenvalue weighted by Gasteiger charge is -2.15. The number of aliphatic hydroxyl groups excluding tert-OH is 1. The molecule has 0 heterocycles. The molecule has 0 fully saturated rings. The fourth-order valence-corrected chi connectivity index (χ4v) is 1.28. The van der Waals surface area contributed by atoms with Crippen molar-refractivity contribution < 1.29 is 19.4 Å². The number of rotatable bonds is 9. The van der Waals surface area contributed by atoms with Crippen LogP contribution < -0.4 is 5.32 Å². The maximum atomic E-state index is 11.0. The van der Waals surface area contributed by atoms with Crippen molar-refractivity contribution in [3.8, 4) is 0 Å². The van der Waals surface area contributed by atoms with E-state index in [9.17, 15) is 9.90 Å². The maximum absolute atomic E-state index is 11.0. The van der Waals surface area contributed by atoms with E-state index in [1.54, 1.807) is 6.92 Å². The first-order chi connectivity index (χ1) is 7.60. The summed E-state index contributed by atoms with van der Waals surface area (Å²) in [5.74, 6) is -0.366. The number of esters is 1. The fourth-order valence-electron chi connectivity index (χ4n) is 1.28. The van der Waals surface area contributed by atoms with Gasteiger partial charge in [-0.3, -0.25) is 4.79 Å². The second-order valence-electron chi connectivity index (χ2n) is 3.59. The van der Waals surface area contributed by atoms with Crippen LogP contribution in [0.1, 0.15) is 27.2 Å². The zero-order valence-electron chi connectivity index (χ0n) is 10.4. The van der Waals surface area contributed by atoms with Gasteiger partial charge < -0.3 is 19.9 Å². The van der Waals surface area contributed by atoms with Crippen LogP contribution in [0, 0.1) is 0 Å². The molecule has 0 aliphatic rings. The van der Waals surface area contributed by atoms with E-state index < -0.39 is 6.10 Å². The minimum atomic E-state index is -0.701. The Morgan fingerprint density at radius 3 is 2.56 bits per heavy atom. The predicted molar refractivity (Wildman–Crippen MR) is 61.2 cm³/mol. The third-order valence-electron chi connectivity index (χ3n) is 1.97. The molecule has 0 spiro atoms. The number of hydrogen-bond donors (Lipinski definition) is 2. The molecular weight excluding hydrogens is 210 g/mol. The van der Waals surface area contributed by atoms with Gasteiger partial charge in [0.2, 0.25) is 0 Å². The molecule has 2 unspecified atom stereocenters. The van der Waals surface area contributed by atoms with Crippen molar-refractivity contribution in [3.05, 3.63) is 0 Å². The largest absolute Gasteiger partial charge is 0.466 e. The number of carbonyl (C=O) groups is 1. The zero-order chi connectivity index (χ0) is 12.4. The molecule has 0 radical (unpaired) electrons. The van der Waals surface area contributed by atoms with E-state index in [1.165, 1.54) is 0 Å². The monoisotopic (exact) mass is 233 g/mol. The number of hydrogen-bond acceptors (Lipinski definition) is 5. The highest BCUT2D eigenvalue weighted by Crippen LogP contribution is 1.94. The maximum Gasteiger partial charge on any atom is 0.308 e. The molecule has 0 rings (SSSR count). The Labute approximate surface area is 97.1 Å². The molecular formula is C11H23NO4. The summed E-state index contributed by atoms with van der Waals surface area (Å²) in [6, 6.07) is 0. The van der Waals surface area contributed by atoms with Gasteiger partial charge >= 0.3 is 5.97 Å². The minimum absolute atomic E-state index is 0.0316. The molecule has 0 aliphatic carbocycles. The average Bonchev–Trinajstić information content (AvgIpc) is 2.18. The molecule has 5 nitrogen and oxygen atoms in total. The molecule has 0 aliphatic heterocycles. The van der Waals surface area contributed by atoms with Gasteiger partial charge in [-0.2, -0.15) is 0 Å². The number of ether oxygens (including phenoxy) is 2. The van der Waals surface area contributed by atoms with Crippen LogP contribution in [-0.2, 0) is 14.3 Å². The van der Waals surface area contributed by atoms with Crippen molar-refractivity contribution in [2.75, 3.05) is 26.3 Å². The van der Waals surface area contributed by atoms with Gasteiger partial charge in [-0.1, -0.05) is 0 Å². The minimum Gasteiger partial charge on any atom is -0.466 e. The summed E-state index contributed by atoms with van der Waals surface area (Å²) < 4.78 is 10.0. The summed E-state index contributed by atoms with van der Waals surface area (Å²) in [6.45, 7) is 7.69. The molecule has 2 atom stereocenters. The van der Waals surface area contributed by atoms with Crippen molar-refractivity contribution in [1.82, 2.24) is 5.32 Å². The van der Waals surface area contributed by atoms with Crippen molar-refractivity contribution in [2.45, 2.75) is 39.4 Å². The van der Waals surface area contributed by atoms with E-state index >= 15 is 0 Å². The van der Waals surface area contributed by atoms with Gasteiger partial charge in [-0.25, -0.2) is 0 Å². The Balaban J connectivity index is 3.49. The molecule has 2 N–H and O–H groups in total. The van der Waals surface area contributed by atoms with Gasteiger partial charge in [0.15, 0.2) is 0 Å². The molecule has 0 amide bonds. The molecule has 0 bridgehead atoms. The normalized spacial score (nSPS) is 14.5. The van der Waals surface area contributed by atoms with E-state index in [0.29, 0.717) is 26.3 Å². The Hall–Kier alpha value is -0.650.